The average Bonchev–Trinajstić information content (AvgIpc) is 2.36. The normalized spacial score (nSPS) is 12.2. The number of anilines is 1. The molecule has 1 aromatic heterocycles. The van der Waals surface area contributed by atoms with Gasteiger partial charge in [-0.15, -0.1) is 0 Å². The summed E-state index contributed by atoms with van der Waals surface area (Å²) in [6, 6.07) is 5.34. The predicted octanol–water partition coefficient (Wildman–Crippen LogP) is 4.52. The van der Waals surface area contributed by atoms with E-state index in [1.807, 2.05) is 6.92 Å². The summed E-state index contributed by atoms with van der Waals surface area (Å²) in [5, 5.41) is 13.2. The molecule has 0 saturated carbocycles. The summed E-state index contributed by atoms with van der Waals surface area (Å²) < 4.78 is 13.8. The number of aromatic nitrogens is 1. The molecular weight excluding hydrogens is 335 g/mol. The molecule has 3 nitrogen and oxygen atoms in total. The number of phenolic OH excluding ortho intramolecular Hbond substituents is 1. The van der Waals surface area contributed by atoms with Crippen LogP contribution in [0.1, 0.15) is 18.5 Å². The van der Waals surface area contributed by atoms with Crippen LogP contribution < -0.4 is 5.32 Å². The molecule has 0 fully saturated rings. The minimum Gasteiger partial charge on any atom is -0.508 e. The van der Waals surface area contributed by atoms with Crippen LogP contribution in [0.25, 0.3) is 0 Å². The van der Waals surface area contributed by atoms with E-state index < -0.39 is 5.82 Å². The second kappa shape index (κ2) is 5.75. The Kier molecular flexibility index (Phi) is 4.27. The van der Waals surface area contributed by atoms with Gasteiger partial charge in [-0.1, -0.05) is 11.6 Å². The van der Waals surface area contributed by atoms with Gasteiger partial charge in [-0.25, -0.2) is 9.37 Å². The van der Waals surface area contributed by atoms with Crippen molar-refractivity contribution in [3.05, 3.63) is 51.5 Å². The minimum atomic E-state index is -0.392. The van der Waals surface area contributed by atoms with Gasteiger partial charge in [0.2, 0.25) is 0 Å². The lowest BCUT2D eigenvalue weighted by Crippen LogP contribution is -2.07. The molecule has 0 spiro atoms. The van der Waals surface area contributed by atoms with Crippen molar-refractivity contribution in [2.45, 2.75) is 13.0 Å². The summed E-state index contributed by atoms with van der Waals surface area (Å²) in [5.74, 6) is -0.348. The molecule has 2 rings (SSSR count). The summed E-state index contributed by atoms with van der Waals surface area (Å²) in [5.41, 5.74) is 1.19. The monoisotopic (exact) mass is 344 g/mol. The molecule has 0 saturated heterocycles. The number of pyridine rings is 1. The molecule has 1 unspecified atom stereocenters. The van der Waals surface area contributed by atoms with Crippen molar-refractivity contribution >= 4 is 33.2 Å². The van der Waals surface area contributed by atoms with Crippen molar-refractivity contribution in [2.75, 3.05) is 5.32 Å². The molecular formula is C13H11BrClFN2O. The zero-order valence-corrected chi connectivity index (χ0v) is 12.3. The number of phenols is 1. The van der Waals surface area contributed by atoms with E-state index in [9.17, 15) is 9.50 Å². The Balaban J connectivity index is 2.22. The van der Waals surface area contributed by atoms with Crippen LogP contribution in [0.15, 0.2) is 34.9 Å². The van der Waals surface area contributed by atoms with Crippen LogP contribution in [0.2, 0.25) is 5.15 Å². The van der Waals surface area contributed by atoms with Crippen LogP contribution in [-0.4, -0.2) is 10.1 Å². The van der Waals surface area contributed by atoms with Crippen molar-refractivity contribution in [1.82, 2.24) is 4.98 Å². The number of nitrogens with zero attached hydrogens (tertiary/aromatic N) is 1. The number of hydrogen-bond donors (Lipinski definition) is 2. The second-order valence-electron chi connectivity index (χ2n) is 4.07. The standard InChI is InChI=1S/C13H11BrClFN2O/c1-7(10-4-8(16)2-3-12(10)19)18-9-5-11(14)13(15)17-6-9/h2-7,18-19H,1H3. The summed E-state index contributed by atoms with van der Waals surface area (Å²) in [6.45, 7) is 1.82. The van der Waals surface area contributed by atoms with Gasteiger partial charge in [-0.05, 0) is 47.1 Å². The maximum Gasteiger partial charge on any atom is 0.143 e. The van der Waals surface area contributed by atoms with Crippen molar-refractivity contribution < 1.29 is 9.50 Å². The molecule has 19 heavy (non-hydrogen) atoms. The van der Waals surface area contributed by atoms with E-state index in [2.05, 4.69) is 26.2 Å². The molecule has 1 aromatic carbocycles. The first-order valence-corrected chi connectivity index (χ1v) is 6.70. The third kappa shape index (κ3) is 3.36. The van der Waals surface area contributed by atoms with Gasteiger partial charge < -0.3 is 10.4 Å². The summed E-state index contributed by atoms with van der Waals surface area (Å²) in [6.07, 6.45) is 1.57. The molecule has 0 amide bonds. The van der Waals surface area contributed by atoms with Gasteiger partial charge in [0.25, 0.3) is 0 Å². The third-order valence-corrected chi connectivity index (χ3v) is 3.77. The number of benzene rings is 1. The largest absolute Gasteiger partial charge is 0.508 e. The highest BCUT2D eigenvalue weighted by Crippen LogP contribution is 2.29. The number of halogens is 3. The molecule has 0 radical (unpaired) electrons. The molecule has 6 heteroatoms. The molecule has 2 N–H and O–H groups in total. The molecule has 0 aliphatic heterocycles. The molecule has 1 atom stereocenters. The first-order chi connectivity index (χ1) is 8.97. The van der Waals surface area contributed by atoms with Gasteiger partial charge in [0.05, 0.1) is 22.4 Å². The SMILES string of the molecule is CC(Nc1cnc(Cl)c(Br)c1)c1cc(F)ccc1O. The Morgan fingerprint density at radius 3 is 2.84 bits per heavy atom. The van der Waals surface area contributed by atoms with Gasteiger partial charge in [0.15, 0.2) is 0 Å². The summed E-state index contributed by atoms with van der Waals surface area (Å²) in [4.78, 5) is 3.98. The number of nitrogens with one attached hydrogen (secondary N) is 1. The second-order valence-corrected chi connectivity index (χ2v) is 5.28. The maximum atomic E-state index is 13.2. The number of aromatic hydroxyl groups is 1. The lowest BCUT2D eigenvalue weighted by Gasteiger charge is -2.17. The molecule has 100 valence electrons. The van der Waals surface area contributed by atoms with E-state index in [1.165, 1.54) is 18.2 Å². The van der Waals surface area contributed by atoms with Gasteiger partial charge in [0.1, 0.15) is 16.7 Å². The lowest BCUT2D eigenvalue weighted by atomic mass is 10.1. The lowest BCUT2D eigenvalue weighted by molar-refractivity contribution is 0.462. The smallest absolute Gasteiger partial charge is 0.143 e. The highest BCUT2D eigenvalue weighted by molar-refractivity contribution is 9.10. The van der Waals surface area contributed by atoms with Crippen LogP contribution in [0, 0.1) is 5.82 Å². The molecule has 0 aliphatic rings. The highest BCUT2D eigenvalue weighted by atomic mass is 79.9. The molecule has 1 heterocycles. The van der Waals surface area contributed by atoms with Crippen LogP contribution in [0.3, 0.4) is 0 Å². The summed E-state index contributed by atoms with van der Waals surface area (Å²) >= 11 is 9.08. The highest BCUT2D eigenvalue weighted by Gasteiger charge is 2.12. The van der Waals surface area contributed by atoms with Crippen LogP contribution >= 0.6 is 27.5 Å². The van der Waals surface area contributed by atoms with E-state index in [1.54, 1.807) is 12.3 Å². The minimum absolute atomic E-state index is 0.0439. The Morgan fingerprint density at radius 1 is 1.42 bits per heavy atom. The number of hydrogen-bond acceptors (Lipinski definition) is 3. The van der Waals surface area contributed by atoms with E-state index in [0.717, 1.165) is 0 Å². The Morgan fingerprint density at radius 2 is 2.16 bits per heavy atom. The number of rotatable bonds is 3. The van der Waals surface area contributed by atoms with Gasteiger partial charge in [-0.2, -0.15) is 0 Å². The van der Waals surface area contributed by atoms with Crippen LogP contribution in [0.4, 0.5) is 10.1 Å². The van der Waals surface area contributed by atoms with E-state index in [-0.39, 0.29) is 11.8 Å². The van der Waals surface area contributed by atoms with Gasteiger partial charge in [-0.3, -0.25) is 0 Å². The fraction of sp³-hybridized carbons (Fsp3) is 0.154. The van der Waals surface area contributed by atoms with E-state index >= 15 is 0 Å². The van der Waals surface area contributed by atoms with Crippen LogP contribution in [-0.2, 0) is 0 Å². The van der Waals surface area contributed by atoms with E-state index in [4.69, 9.17) is 11.6 Å². The quantitative estimate of drug-likeness (QED) is 0.804. The van der Waals surface area contributed by atoms with E-state index in [0.29, 0.717) is 20.9 Å². The molecule has 2 aromatic rings. The first-order valence-electron chi connectivity index (χ1n) is 5.53. The Bertz CT molecular complexity index is 609. The fourth-order valence-electron chi connectivity index (χ4n) is 1.70. The third-order valence-electron chi connectivity index (χ3n) is 2.64. The molecule has 0 aliphatic carbocycles. The Hall–Kier alpha value is -1.33. The topological polar surface area (TPSA) is 45.2 Å². The first kappa shape index (κ1) is 14.1. The maximum absolute atomic E-state index is 13.2. The van der Waals surface area contributed by atoms with Crippen molar-refractivity contribution in [3.8, 4) is 5.75 Å². The van der Waals surface area contributed by atoms with Crippen molar-refractivity contribution in [2.24, 2.45) is 0 Å². The Labute approximate surface area is 123 Å². The zero-order chi connectivity index (χ0) is 14.0. The van der Waals surface area contributed by atoms with Crippen LogP contribution in [0.5, 0.6) is 5.75 Å². The van der Waals surface area contributed by atoms with Crippen molar-refractivity contribution in [3.63, 3.8) is 0 Å². The van der Waals surface area contributed by atoms with Crippen molar-refractivity contribution in [1.29, 1.82) is 0 Å². The predicted molar refractivity (Wildman–Crippen MR) is 77.0 cm³/mol. The van der Waals surface area contributed by atoms with Gasteiger partial charge in [0, 0.05) is 5.56 Å². The summed E-state index contributed by atoms with van der Waals surface area (Å²) in [7, 11) is 0. The fourth-order valence-corrected chi connectivity index (χ4v) is 2.15. The average molecular weight is 346 g/mol. The molecule has 0 bridgehead atoms. The van der Waals surface area contributed by atoms with Gasteiger partial charge >= 0.3 is 0 Å². The zero-order valence-electron chi connectivity index (χ0n) is 9.99.